The van der Waals surface area contributed by atoms with Gasteiger partial charge in [0.2, 0.25) is 26.6 Å². The number of ether oxygens (including phenoxy) is 2. The fourth-order valence-electron chi connectivity index (χ4n) is 4.71. The summed E-state index contributed by atoms with van der Waals surface area (Å²) in [4.78, 5) is 6.67. The number of nitrogens with zero attached hydrogens (tertiary/aromatic N) is 2. The highest BCUT2D eigenvalue weighted by atomic mass is 32.2. The Labute approximate surface area is 194 Å². The fraction of sp³-hybridized carbons (Fsp3) is 0.400. The number of hydrogen-bond donors (Lipinski definition) is 0. The molecule has 0 amide bonds. The highest BCUT2D eigenvalue weighted by Crippen LogP contribution is 2.39. The summed E-state index contributed by atoms with van der Waals surface area (Å²) in [7, 11) is -3.97. The Morgan fingerprint density at radius 3 is 2.42 bits per heavy atom. The molecule has 1 saturated heterocycles. The molecule has 0 radical (unpaired) electrons. The lowest BCUT2D eigenvalue weighted by atomic mass is 9.92. The van der Waals surface area contributed by atoms with E-state index in [1.54, 1.807) is 6.07 Å². The van der Waals surface area contributed by atoms with Gasteiger partial charge >= 0.3 is 0 Å². The van der Waals surface area contributed by atoms with Gasteiger partial charge < -0.3 is 18.8 Å². The maximum absolute atomic E-state index is 13.8. The third-order valence-electron chi connectivity index (χ3n) is 6.08. The number of aryl methyl sites for hydroxylation is 1. The van der Waals surface area contributed by atoms with E-state index in [-0.39, 0.29) is 9.92 Å². The number of fused-ring (bicyclic) bond motifs is 1. The summed E-state index contributed by atoms with van der Waals surface area (Å²) in [5.74, 6) is 2.42. The summed E-state index contributed by atoms with van der Waals surface area (Å²) in [6.07, 6.45) is 1.10. The van der Waals surface area contributed by atoms with Gasteiger partial charge in [-0.15, -0.1) is 0 Å². The molecule has 2 aliphatic rings. The van der Waals surface area contributed by atoms with E-state index in [1.165, 1.54) is 12.1 Å². The van der Waals surface area contributed by atoms with E-state index in [2.05, 4.69) is 18.8 Å². The van der Waals surface area contributed by atoms with Crippen LogP contribution in [0.2, 0.25) is 0 Å². The summed E-state index contributed by atoms with van der Waals surface area (Å²) in [5.41, 5.74) is 1.79. The molecule has 0 bridgehead atoms. The van der Waals surface area contributed by atoms with Gasteiger partial charge in [0.1, 0.15) is 13.2 Å². The van der Waals surface area contributed by atoms with Crippen LogP contribution in [0, 0.1) is 18.8 Å². The molecule has 3 heterocycles. The largest absolute Gasteiger partial charge is 0.486 e. The molecule has 33 heavy (non-hydrogen) atoms. The van der Waals surface area contributed by atoms with Crippen LogP contribution in [0.3, 0.4) is 0 Å². The van der Waals surface area contributed by atoms with Gasteiger partial charge in [-0.3, -0.25) is 0 Å². The van der Waals surface area contributed by atoms with E-state index in [0.29, 0.717) is 48.3 Å². The lowest BCUT2D eigenvalue weighted by Crippen LogP contribution is -2.39. The Morgan fingerprint density at radius 1 is 0.970 bits per heavy atom. The third-order valence-corrected chi connectivity index (χ3v) is 7.73. The van der Waals surface area contributed by atoms with Crippen molar-refractivity contribution < 1.29 is 22.3 Å². The second-order valence-corrected chi connectivity index (χ2v) is 11.0. The first-order valence-corrected chi connectivity index (χ1v) is 12.8. The predicted molar refractivity (Wildman–Crippen MR) is 125 cm³/mol. The second-order valence-electron chi connectivity index (χ2n) is 9.16. The minimum Gasteiger partial charge on any atom is -0.486 e. The van der Waals surface area contributed by atoms with E-state index in [9.17, 15) is 8.42 Å². The van der Waals surface area contributed by atoms with Crippen LogP contribution in [0.15, 0.2) is 56.8 Å². The van der Waals surface area contributed by atoms with Crippen LogP contribution in [0.25, 0.3) is 11.5 Å². The van der Waals surface area contributed by atoms with E-state index in [0.717, 1.165) is 30.6 Å². The average molecular weight is 469 g/mol. The summed E-state index contributed by atoms with van der Waals surface area (Å²) in [6.45, 7) is 8.59. The van der Waals surface area contributed by atoms with Gasteiger partial charge in [0.15, 0.2) is 11.5 Å². The molecule has 2 unspecified atom stereocenters. The molecule has 7 nitrogen and oxygen atoms in total. The van der Waals surface area contributed by atoms with Crippen molar-refractivity contribution in [3.63, 3.8) is 0 Å². The molecule has 0 N–H and O–H groups in total. The molecule has 0 spiro atoms. The molecule has 3 aromatic rings. The van der Waals surface area contributed by atoms with Crippen LogP contribution in [0.1, 0.15) is 25.8 Å². The van der Waals surface area contributed by atoms with Crippen molar-refractivity contribution in [2.75, 3.05) is 31.2 Å². The molecular formula is C25H28N2O5S. The molecule has 174 valence electrons. The molecule has 0 aliphatic carbocycles. The van der Waals surface area contributed by atoms with Gasteiger partial charge in [0.25, 0.3) is 0 Å². The first-order chi connectivity index (χ1) is 15.8. The lowest BCUT2D eigenvalue weighted by Gasteiger charge is -2.34. The average Bonchev–Trinajstić information content (AvgIpc) is 3.25. The van der Waals surface area contributed by atoms with Crippen molar-refractivity contribution in [3.05, 3.63) is 48.0 Å². The number of aromatic nitrogens is 1. The van der Waals surface area contributed by atoms with Crippen LogP contribution < -0.4 is 14.4 Å². The Morgan fingerprint density at radius 2 is 1.70 bits per heavy atom. The number of hydrogen-bond acceptors (Lipinski definition) is 7. The van der Waals surface area contributed by atoms with Crippen LogP contribution in [-0.2, 0) is 9.84 Å². The number of benzene rings is 2. The minimum atomic E-state index is -3.97. The minimum absolute atomic E-state index is 0.0583. The topological polar surface area (TPSA) is 81.9 Å². The third kappa shape index (κ3) is 4.19. The molecule has 2 aromatic carbocycles. The van der Waals surface area contributed by atoms with E-state index < -0.39 is 9.84 Å². The molecule has 8 heteroatoms. The van der Waals surface area contributed by atoms with E-state index in [4.69, 9.17) is 13.9 Å². The number of oxazole rings is 1. The van der Waals surface area contributed by atoms with E-state index in [1.807, 2.05) is 36.1 Å². The van der Waals surface area contributed by atoms with E-state index >= 15 is 0 Å². The predicted octanol–water partition coefficient (Wildman–Crippen LogP) is 4.74. The van der Waals surface area contributed by atoms with Gasteiger partial charge in [0.05, 0.1) is 4.90 Å². The van der Waals surface area contributed by atoms with Crippen molar-refractivity contribution >= 4 is 15.7 Å². The Kier molecular flexibility index (Phi) is 5.56. The highest BCUT2D eigenvalue weighted by molar-refractivity contribution is 7.91. The normalized spacial score (nSPS) is 20.6. The number of anilines is 1. The Bertz CT molecular complexity index is 1270. The first-order valence-electron chi connectivity index (χ1n) is 11.3. The van der Waals surface area contributed by atoms with Gasteiger partial charge in [0, 0.05) is 24.7 Å². The summed E-state index contributed by atoms with van der Waals surface area (Å²) in [6, 6.07) is 12.4. The lowest BCUT2D eigenvalue weighted by molar-refractivity contribution is 0.171. The molecule has 2 atom stereocenters. The molecule has 5 rings (SSSR count). The quantitative estimate of drug-likeness (QED) is 0.547. The molecule has 1 aromatic heterocycles. The van der Waals surface area contributed by atoms with Crippen LogP contribution >= 0.6 is 0 Å². The maximum Gasteiger partial charge on any atom is 0.236 e. The second kappa shape index (κ2) is 8.41. The highest BCUT2D eigenvalue weighted by Gasteiger charge is 2.35. The standard InChI is InChI=1S/C25H28N2O5S/c1-16-5-4-6-19(12-16)23-26-24(25(32-23)27-14-17(2)11-18(3)15-27)33(28,29)20-7-8-21-22(13-20)31-10-9-30-21/h4-8,12-13,17-18H,9-11,14-15H2,1-3H3. The van der Waals surface area contributed by atoms with Crippen LogP contribution in [0.4, 0.5) is 5.88 Å². The van der Waals surface area contributed by atoms with Crippen molar-refractivity contribution in [2.24, 2.45) is 11.8 Å². The zero-order valence-electron chi connectivity index (χ0n) is 19.1. The molecule has 1 fully saturated rings. The SMILES string of the molecule is Cc1cccc(-c2nc(S(=O)(=O)c3ccc4c(c3)OCCO4)c(N3CC(C)CC(C)C3)o2)c1. The summed E-state index contributed by atoms with van der Waals surface area (Å²) >= 11 is 0. The van der Waals surface area contributed by atoms with Crippen molar-refractivity contribution in [1.29, 1.82) is 0 Å². The number of piperidine rings is 1. The smallest absolute Gasteiger partial charge is 0.236 e. The molecule has 0 saturated carbocycles. The Hall–Kier alpha value is -3.00. The van der Waals surface area contributed by atoms with Gasteiger partial charge in [-0.25, -0.2) is 8.42 Å². The molecule has 2 aliphatic heterocycles. The maximum atomic E-state index is 13.8. The number of rotatable bonds is 4. The van der Waals surface area contributed by atoms with Gasteiger partial charge in [-0.1, -0.05) is 31.5 Å². The van der Waals surface area contributed by atoms with Gasteiger partial charge in [-0.2, -0.15) is 4.98 Å². The van der Waals surface area contributed by atoms with Crippen molar-refractivity contribution in [1.82, 2.24) is 4.98 Å². The molecular weight excluding hydrogens is 440 g/mol. The first kappa shape index (κ1) is 21.8. The number of sulfone groups is 1. The van der Waals surface area contributed by atoms with Crippen LogP contribution in [-0.4, -0.2) is 39.7 Å². The Balaban J connectivity index is 1.63. The zero-order valence-corrected chi connectivity index (χ0v) is 19.9. The fourth-order valence-corrected chi connectivity index (χ4v) is 6.04. The van der Waals surface area contributed by atoms with Gasteiger partial charge in [-0.05, 0) is 49.4 Å². The zero-order chi connectivity index (χ0) is 23.2. The monoisotopic (exact) mass is 468 g/mol. The van der Waals surface area contributed by atoms with Crippen LogP contribution in [0.5, 0.6) is 11.5 Å². The summed E-state index contributed by atoms with van der Waals surface area (Å²) in [5, 5.41) is -0.0583. The van der Waals surface area contributed by atoms with Crippen molar-refractivity contribution in [3.8, 4) is 23.0 Å². The van der Waals surface area contributed by atoms with Crippen molar-refractivity contribution in [2.45, 2.75) is 37.1 Å². The summed E-state index contributed by atoms with van der Waals surface area (Å²) < 4.78 is 45.0.